The maximum atomic E-state index is 13.5. The van der Waals surface area contributed by atoms with E-state index in [0.29, 0.717) is 6.61 Å². The number of methoxy groups -OCH3 is 1. The summed E-state index contributed by atoms with van der Waals surface area (Å²) in [4.78, 5) is 0. The quantitative estimate of drug-likeness (QED) is 0.882. The molecule has 0 fully saturated rings. The first-order valence-electron chi connectivity index (χ1n) is 6.93. The van der Waals surface area contributed by atoms with E-state index in [0.717, 1.165) is 16.9 Å². The molecule has 0 amide bonds. The standard InChI is InChI=1S/C17H20FNO2/c1-4-21-14-8-5-12(6-9-14)17(19-2)13-7-10-15(18)16(11-13)20-3/h5-11,17,19H,4H2,1-3H3. The van der Waals surface area contributed by atoms with Crippen molar-refractivity contribution in [3.63, 3.8) is 0 Å². The fourth-order valence-electron chi connectivity index (χ4n) is 2.30. The van der Waals surface area contributed by atoms with Gasteiger partial charge < -0.3 is 14.8 Å². The lowest BCUT2D eigenvalue weighted by Gasteiger charge is -2.18. The lowest BCUT2D eigenvalue weighted by molar-refractivity contribution is 0.340. The molecule has 0 saturated carbocycles. The van der Waals surface area contributed by atoms with Gasteiger partial charge in [-0.2, -0.15) is 0 Å². The molecule has 2 rings (SSSR count). The van der Waals surface area contributed by atoms with E-state index in [4.69, 9.17) is 9.47 Å². The van der Waals surface area contributed by atoms with Crippen molar-refractivity contribution >= 4 is 0 Å². The first-order valence-corrected chi connectivity index (χ1v) is 6.93. The summed E-state index contributed by atoms with van der Waals surface area (Å²) in [6.45, 7) is 2.60. The summed E-state index contributed by atoms with van der Waals surface area (Å²) >= 11 is 0. The minimum Gasteiger partial charge on any atom is -0.494 e. The Bertz CT molecular complexity index is 584. The largest absolute Gasteiger partial charge is 0.494 e. The average molecular weight is 289 g/mol. The maximum Gasteiger partial charge on any atom is 0.165 e. The van der Waals surface area contributed by atoms with Crippen molar-refractivity contribution in [3.8, 4) is 11.5 Å². The van der Waals surface area contributed by atoms with Gasteiger partial charge in [-0.25, -0.2) is 4.39 Å². The van der Waals surface area contributed by atoms with Crippen molar-refractivity contribution in [2.75, 3.05) is 20.8 Å². The fraction of sp³-hybridized carbons (Fsp3) is 0.294. The summed E-state index contributed by atoms with van der Waals surface area (Å²) in [6, 6.07) is 12.7. The second-order valence-corrected chi connectivity index (χ2v) is 4.62. The van der Waals surface area contributed by atoms with Crippen LogP contribution >= 0.6 is 0 Å². The van der Waals surface area contributed by atoms with Crippen molar-refractivity contribution in [2.24, 2.45) is 0 Å². The fourth-order valence-corrected chi connectivity index (χ4v) is 2.30. The SMILES string of the molecule is CCOc1ccc(C(NC)c2ccc(F)c(OC)c2)cc1. The van der Waals surface area contributed by atoms with Crippen LogP contribution in [0.5, 0.6) is 11.5 Å². The molecule has 1 atom stereocenters. The Morgan fingerprint density at radius 1 is 1.10 bits per heavy atom. The van der Waals surface area contributed by atoms with E-state index < -0.39 is 0 Å². The topological polar surface area (TPSA) is 30.5 Å². The lowest BCUT2D eigenvalue weighted by atomic mass is 9.98. The molecule has 0 aromatic heterocycles. The zero-order valence-electron chi connectivity index (χ0n) is 12.5. The molecule has 0 spiro atoms. The summed E-state index contributed by atoms with van der Waals surface area (Å²) in [5.74, 6) is 0.731. The Kier molecular flexibility index (Phi) is 5.17. The van der Waals surface area contributed by atoms with Crippen LogP contribution in [0.4, 0.5) is 4.39 Å². The van der Waals surface area contributed by atoms with Gasteiger partial charge in [0.05, 0.1) is 19.8 Å². The number of nitrogens with one attached hydrogen (secondary N) is 1. The zero-order chi connectivity index (χ0) is 15.2. The Morgan fingerprint density at radius 2 is 1.76 bits per heavy atom. The van der Waals surface area contributed by atoms with Crippen LogP contribution in [0.25, 0.3) is 0 Å². The Labute approximate surface area is 124 Å². The van der Waals surface area contributed by atoms with Crippen LogP contribution in [0.1, 0.15) is 24.1 Å². The molecule has 0 aliphatic rings. The monoisotopic (exact) mass is 289 g/mol. The van der Waals surface area contributed by atoms with Gasteiger partial charge in [0.1, 0.15) is 5.75 Å². The number of ether oxygens (including phenoxy) is 2. The highest BCUT2D eigenvalue weighted by molar-refractivity contribution is 5.39. The third-order valence-corrected chi connectivity index (χ3v) is 3.32. The highest BCUT2D eigenvalue weighted by atomic mass is 19.1. The molecule has 3 nitrogen and oxygen atoms in total. The maximum absolute atomic E-state index is 13.5. The minimum atomic E-state index is -0.359. The van der Waals surface area contributed by atoms with Crippen LogP contribution in [0.2, 0.25) is 0 Å². The van der Waals surface area contributed by atoms with E-state index in [9.17, 15) is 4.39 Å². The smallest absolute Gasteiger partial charge is 0.165 e. The number of benzene rings is 2. The average Bonchev–Trinajstić information content (AvgIpc) is 2.51. The van der Waals surface area contributed by atoms with Gasteiger partial charge in [-0.3, -0.25) is 0 Å². The van der Waals surface area contributed by atoms with Crippen LogP contribution in [0.3, 0.4) is 0 Å². The second kappa shape index (κ2) is 7.09. The molecule has 0 radical (unpaired) electrons. The van der Waals surface area contributed by atoms with Gasteiger partial charge in [-0.1, -0.05) is 18.2 Å². The van der Waals surface area contributed by atoms with Gasteiger partial charge >= 0.3 is 0 Å². The van der Waals surface area contributed by atoms with Crippen molar-refractivity contribution < 1.29 is 13.9 Å². The van der Waals surface area contributed by atoms with Crippen molar-refractivity contribution in [3.05, 3.63) is 59.4 Å². The van der Waals surface area contributed by atoms with Crippen LogP contribution in [0, 0.1) is 5.82 Å². The summed E-state index contributed by atoms with van der Waals surface area (Å²) in [5, 5.41) is 3.24. The highest BCUT2D eigenvalue weighted by Crippen LogP contribution is 2.28. The van der Waals surface area contributed by atoms with E-state index in [-0.39, 0.29) is 17.6 Å². The third-order valence-electron chi connectivity index (χ3n) is 3.32. The number of rotatable bonds is 6. The molecule has 0 bridgehead atoms. The Morgan fingerprint density at radius 3 is 2.33 bits per heavy atom. The molecular formula is C17H20FNO2. The van der Waals surface area contributed by atoms with Crippen molar-refractivity contribution in [2.45, 2.75) is 13.0 Å². The molecule has 1 unspecified atom stereocenters. The van der Waals surface area contributed by atoms with Gasteiger partial charge in [0.15, 0.2) is 11.6 Å². The normalized spacial score (nSPS) is 12.0. The molecule has 0 heterocycles. The van der Waals surface area contributed by atoms with Crippen LogP contribution in [0.15, 0.2) is 42.5 Å². The zero-order valence-corrected chi connectivity index (χ0v) is 12.5. The van der Waals surface area contributed by atoms with E-state index in [1.807, 2.05) is 38.2 Å². The molecular weight excluding hydrogens is 269 g/mol. The summed E-state index contributed by atoms with van der Waals surface area (Å²) in [7, 11) is 3.34. The van der Waals surface area contributed by atoms with Gasteiger partial charge in [-0.15, -0.1) is 0 Å². The lowest BCUT2D eigenvalue weighted by Crippen LogP contribution is -2.17. The predicted molar refractivity (Wildman–Crippen MR) is 81.5 cm³/mol. The number of halogens is 1. The van der Waals surface area contributed by atoms with Crippen LogP contribution < -0.4 is 14.8 Å². The van der Waals surface area contributed by atoms with Gasteiger partial charge in [-0.05, 0) is 49.4 Å². The molecule has 4 heteroatoms. The Balaban J connectivity index is 2.30. The predicted octanol–water partition coefficient (Wildman–Crippen LogP) is 3.54. The third kappa shape index (κ3) is 3.52. The van der Waals surface area contributed by atoms with E-state index in [2.05, 4.69) is 5.32 Å². The van der Waals surface area contributed by atoms with Gasteiger partial charge in [0, 0.05) is 0 Å². The minimum absolute atomic E-state index is 0.0322. The molecule has 1 N–H and O–H groups in total. The van der Waals surface area contributed by atoms with Crippen molar-refractivity contribution in [1.82, 2.24) is 5.32 Å². The van der Waals surface area contributed by atoms with E-state index in [1.54, 1.807) is 12.1 Å². The summed E-state index contributed by atoms with van der Waals surface area (Å²) < 4.78 is 24.0. The van der Waals surface area contributed by atoms with Crippen molar-refractivity contribution in [1.29, 1.82) is 0 Å². The van der Waals surface area contributed by atoms with E-state index >= 15 is 0 Å². The summed E-state index contributed by atoms with van der Waals surface area (Å²) in [5.41, 5.74) is 2.02. The van der Waals surface area contributed by atoms with Gasteiger partial charge in [0.25, 0.3) is 0 Å². The molecule has 0 aliphatic heterocycles. The van der Waals surface area contributed by atoms with Crippen LogP contribution in [-0.2, 0) is 0 Å². The second-order valence-electron chi connectivity index (χ2n) is 4.62. The number of hydrogen-bond donors (Lipinski definition) is 1. The summed E-state index contributed by atoms with van der Waals surface area (Å²) in [6.07, 6.45) is 0. The Hall–Kier alpha value is -2.07. The highest BCUT2D eigenvalue weighted by Gasteiger charge is 2.14. The van der Waals surface area contributed by atoms with Gasteiger partial charge in [0.2, 0.25) is 0 Å². The molecule has 21 heavy (non-hydrogen) atoms. The molecule has 2 aromatic carbocycles. The first-order chi connectivity index (χ1) is 10.2. The molecule has 0 aliphatic carbocycles. The molecule has 112 valence electrons. The van der Waals surface area contributed by atoms with Crippen LogP contribution in [-0.4, -0.2) is 20.8 Å². The molecule has 0 saturated heterocycles. The first kappa shape index (κ1) is 15.3. The van der Waals surface area contributed by atoms with E-state index in [1.165, 1.54) is 13.2 Å². The number of hydrogen-bond acceptors (Lipinski definition) is 3. The molecule has 2 aromatic rings.